The highest BCUT2D eigenvalue weighted by atomic mass is 16.5. The van der Waals surface area contributed by atoms with Crippen LogP contribution in [0, 0.1) is 0 Å². The molecule has 4 rings (SSSR count). The molecule has 1 saturated carbocycles. The molecule has 1 amide bonds. The number of benzene rings is 1. The molecule has 5 nitrogen and oxygen atoms in total. The molecule has 1 fully saturated rings. The van der Waals surface area contributed by atoms with E-state index in [-0.39, 0.29) is 12.0 Å². The maximum Gasteiger partial charge on any atom is 0.224 e. The van der Waals surface area contributed by atoms with Crippen LogP contribution in [-0.2, 0) is 24.8 Å². The Bertz CT molecular complexity index is 942. The lowest BCUT2D eigenvalue weighted by Crippen LogP contribution is -2.24. The summed E-state index contributed by atoms with van der Waals surface area (Å²) in [7, 11) is 2.01. The summed E-state index contributed by atoms with van der Waals surface area (Å²) in [6.07, 6.45) is 9.11. The van der Waals surface area contributed by atoms with E-state index >= 15 is 0 Å². The van der Waals surface area contributed by atoms with E-state index in [1.54, 1.807) is 6.20 Å². The number of nitrogens with one attached hydrogen (secondary N) is 1. The van der Waals surface area contributed by atoms with Crippen LogP contribution >= 0.6 is 0 Å². The maximum atomic E-state index is 12.4. The van der Waals surface area contributed by atoms with E-state index in [2.05, 4.69) is 27.0 Å². The molecule has 0 radical (unpaired) electrons. The number of carbonyl (C=O) groups excluding carboxylic acids is 1. The van der Waals surface area contributed by atoms with Crippen molar-refractivity contribution in [2.75, 3.05) is 0 Å². The molecule has 3 aromatic rings. The van der Waals surface area contributed by atoms with Crippen LogP contribution in [0.1, 0.15) is 36.8 Å². The van der Waals surface area contributed by atoms with E-state index in [0.29, 0.717) is 18.8 Å². The number of aryl methyl sites for hydroxylation is 1. The summed E-state index contributed by atoms with van der Waals surface area (Å²) in [5.41, 5.74) is 3.19. The average Bonchev–Trinajstić information content (AvgIpc) is 3.29. The van der Waals surface area contributed by atoms with E-state index in [9.17, 15) is 4.79 Å². The molecular formula is C22H25N3O2. The summed E-state index contributed by atoms with van der Waals surface area (Å²) in [5, 5.41) is 4.14. The number of hydrogen-bond donors (Lipinski definition) is 1. The smallest absolute Gasteiger partial charge is 0.224 e. The van der Waals surface area contributed by atoms with Gasteiger partial charge in [-0.25, -0.2) is 4.98 Å². The minimum atomic E-state index is 0.0152. The second kappa shape index (κ2) is 7.82. The van der Waals surface area contributed by atoms with E-state index in [0.717, 1.165) is 34.9 Å². The van der Waals surface area contributed by atoms with Crippen molar-refractivity contribution in [2.45, 2.75) is 44.8 Å². The molecule has 1 N–H and O–H groups in total. The molecule has 27 heavy (non-hydrogen) atoms. The van der Waals surface area contributed by atoms with Gasteiger partial charge in [0, 0.05) is 43.0 Å². The number of rotatable bonds is 6. The van der Waals surface area contributed by atoms with Gasteiger partial charge in [-0.15, -0.1) is 0 Å². The fraction of sp³-hybridized carbons (Fsp3) is 0.364. The predicted molar refractivity (Wildman–Crippen MR) is 106 cm³/mol. The number of aromatic nitrogens is 2. The van der Waals surface area contributed by atoms with Crippen molar-refractivity contribution in [1.82, 2.24) is 14.9 Å². The maximum absolute atomic E-state index is 12.4. The predicted octanol–water partition coefficient (Wildman–Crippen LogP) is 3.75. The van der Waals surface area contributed by atoms with Gasteiger partial charge in [0.05, 0.1) is 6.42 Å². The lowest BCUT2D eigenvalue weighted by molar-refractivity contribution is -0.120. The van der Waals surface area contributed by atoms with Gasteiger partial charge in [-0.1, -0.05) is 18.2 Å². The van der Waals surface area contributed by atoms with Crippen LogP contribution in [0.3, 0.4) is 0 Å². The van der Waals surface area contributed by atoms with Crippen molar-refractivity contribution in [3.05, 3.63) is 59.9 Å². The number of pyridine rings is 1. The molecule has 0 unspecified atom stereocenters. The number of amides is 1. The molecule has 0 saturated heterocycles. The van der Waals surface area contributed by atoms with Gasteiger partial charge in [-0.3, -0.25) is 4.79 Å². The number of ether oxygens (including phenoxy) is 1. The van der Waals surface area contributed by atoms with Gasteiger partial charge in [-0.05, 0) is 48.9 Å². The first-order chi connectivity index (χ1) is 13.2. The Labute approximate surface area is 159 Å². The molecule has 0 aliphatic heterocycles. The van der Waals surface area contributed by atoms with Crippen molar-refractivity contribution >= 4 is 16.8 Å². The number of para-hydroxylation sites is 1. The fourth-order valence-electron chi connectivity index (χ4n) is 3.80. The fourth-order valence-corrected chi connectivity index (χ4v) is 3.80. The number of hydrogen-bond acceptors (Lipinski definition) is 3. The molecule has 140 valence electrons. The normalized spacial score (nSPS) is 14.6. The number of fused-ring (bicyclic) bond motifs is 1. The van der Waals surface area contributed by atoms with Gasteiger partial charge in [0.2, 0.25) is 11.8 Å². The summed E-state index contributed by atoms with van der Waals surface area (Å²) < 4.78 is 8.01. The summed E-state index contributed by atoms with van der Waals surface area (Å²) in [6.45, 7) is 0.479. The van der Waals surface area contributed by atoms with Crippen molar-refractivity contribution in [3.63, 3.8) is 0 Å². The molecule has 0 bridgehead atoms. The third-order valence-corrected chi connectivity index (χ3v) is 5.21. The summed E-state index contributed by atoms with van der Waals surface area (Å²) in [5.74, 6) is 0.670. The zero-order valence-electron chi connectivity index (χ0n) is 15.6. The van der Waals surface area contributed by atoms with Crippen molar-refractivity contribution in [2.24, 2.45) is 7.05 Å². The third kappa shape index (κ3) is 4.13. The van der Waals surface area contributed by atoms with Crippen molar-refractivity contribution < 1.29 is 9.53 Å². The Hall–Kier alpha value is -2.82. The Balaban J connectivity index is 1.36. The SMILES string of the molecule is Cn1cc(CC(=O)NCc2ccnc(OC3CCCC3)c2)c2ccccc21. The van der Waals surface area contributed by atoms with E-state index in [1.807, 2.05) is 37.5 Å². The number of carbonyl (C=O) groups is 1. The second-order valence-corrected chi connectivity index (χ2v) is 7.26. The van der Waals surface area contributed by atoms with E-state index < -0.39 is 0 Å². The summed E-state index contributed by atoms with van der Waals surface area (Å²) in [4.78, 5) is 16.7. The molecule has 5 heteroatoms. The highest BCUT2D eigenvalue weighted by Crippen LogP contribution is 2.23. The zero-order chi connectivity index (χ0) is 18.6. The Kier molecular flexibility index (Phi) is 5.10. The third-order valence-electron chi connectivity index (χ3n) is 5.21. The number of nitrogens with zero attached hydrogens (tertiary/aromatic N) is 2. The van der Waals surface area contributed by atoms with Crippen LogP contribution < -0.4 is 10.1 Å². The molecule has 1 aromatic carbocycles. The zero-order valence-corrected chi connectivity index (χ0v) is 15.6. The van der Waals surface area contributed by atoms with E-state index in [1.165, 1.54) is 12.8 Å². The largest absolute Gasteiger partial charge is 0.474 e. The van der Waals surface area contributed by atoms with Crippen LogP contribution in [-0.4, -0.2) is 21.6 Å². The van der Waals surface area contributed by atoms with Gasteiger partial charge in [0.1, 0.15) is 6.10 Å². The van der Waals surface area contributed by atoms with Gasteiger partial charge < -0.3 is 14.6 Å². The average molecular weight is 363 g/mol. The minimum Gasteiger partial charge on any atom is -0.474 e. The first-order valence-corrected chi connectivity index (χ1v) is 9.60. The standard InChI is InChI=1S/C22H25N3O2/c1-25-15-17(19-8-4-5-9-20(19)25)13-21(26)24-14-16-10-11-23-22(12-16)27-18-6-2-3-7-18/h4-5,8-12,15,18H,2-3,6-7,13-14H2,1H3,(H,24,26). The Morgan fingerprint density at radius 3 is 2.93 bits per heavy atom. The van der Waals surface area contributed by atoms with Crippen LogP contribution in [0.5, 0.6) is 5.88 Å². The van der Waals surface area contributed by atoms with Crippen LogP contribution in [0.2, 0.25) is 0 Å². The Morgan fingerprint density at radius 1 is 1.26 bits per heavy atom. The van der Waals surface area contributed by atoms with Gasteiger partial charge >= 0.3 is 0 Å². The van der Waals surface area contributed by atoms with E-state index in [4.69, 9.17) is 4.74 Å². The quantitative estimate of drug-likeness (QED) is 0.726. The first-order valence-electron chi connectivity index (χ1n) is 9.60. The molecule has 2 aromatic heterocycles. The van der Waals surface area contributed by atoms with Crippen molar-refractivity contribution in [1.29, 1.82) is 0 Å². The van der Waals surface area contributed by atoms with Gasteiger partial charge in [0.15, 0.2) is 0 Å². The lowest BCUT2D eigenvalue weighted by atomic mass is 10.1. The lowest BCUT2D eigenvalue weighted by Gasteiger charge is -2.13. The van der Waals surface area contributed by atoms with Crippen LogP contribution in [0.25, 0.3) is 10.9 Å². The molecule has 0 atom stereocenters. The van der Waals surface area contributed by atoms with Crippen LogP contribution in [0.15, 0.2) is 48.8 Å². The Morgan fingerprint density at radius 2 is 2.07 bits per heavy atom. The topological polar surface area (TPSA) is 56.2 Å². The first kappa shape index (κ1) is 17.6. The molecule has 2 heterocycles. The molecule has 0 spiro atoms. The monoisotopic (exact) mass is 363 g/mol. The molecular weight excluding hydrogens is 338 g/mol. The molecule has 1 aliphatic rings. The highest BCUT2D eigenvalue weighted by molar-refractivity contribution is 5.89. The highest BCUT2D eigenvalue weighted by Gasteiger charge is 2.17. The van der Waals surface area contributed by atoms with Crippen LogP contribution in [0.4, 0.5) is 0 Å². The second-order valence-electron chi connectivity index (χ2n) is 7.26. The van der Waals surface area contributed by atoms with Crippen molar-refractivity contribution in [3.8, 4) is 5.88 Å². The van der Waals surface area contributed by atoms with Gasteiger partial charge in [-0.2, -0.15) is 0 Å². The molecule has 1 aliphatic carbocycles. The summed E-state index contributed by atoms with van der Waals surface area (Å²) in [6, 6.07) is 12.0. The minimum absolute atomic E-state index is 0.0152. The van der Waals surface area contributed by atoms with Gasteiger partial charge in [0.25, 0.3) is 0 Å². The summed E-state index contributed by atoms with van der Waals surface area (Å²) >= 11 is 0.